The van der Waals surface area contributed by atoms with Gasteiger partial charge in [0.15, 0.2) is 0 Å². The number of hydrogen-bond donors (Lipinski definition) is 1. The summed E-state index contributed by atoms with van der Waals surface area (Å²) in [7, 11) is -3.73. The molecule has 0 fully saturated rings. The first-order valence-corrected chi connectivity index (χ1v) is 11.8. The smallest absolute Gasteiger partial charge is 0.241 e. The Morgan fingerprint density at radius 2 is 1.80 bits per heavy atom. The third kappa shape index (κ3) is 4.75. The van der Waals surface area contributed by atoms with Gasteiger partial charge in [0.05, 0.1) is 18.0 Å². The van der Waals surface area contributed by atoms with E-state index in [0.717, 1.165) is 46.8 Å². The zero-order chi connectivity index (χ0) is 21.9. The Bertz CT molecular complexity index is 1000. The minimum atomic E-state index is -3.73. The first kappa shape index (κ1) is 22.1. The van der Waals surface area contributed by atoms with Gasteiger partial charge in [0.1, 0.15) is 23.7 Å². The zero-order valence-corrected chi connectivity index (χ0v) is 18.2. The Balaban J connectivity index is 1.84. The molecule has 30 heavy (non-hydrogen) atoms. The van der Waals surface area contributed by atoms with Crippen LogP contribution in [0, 0.1) is 5.82 Å². The van der Waals surface area contributed by atoms with E-state index in [1.807, 2.05) is 24.3 Å². The maximum absolute atomic E-state index is 13.2. The number of nitrogens with one attached hydrogen (secondary N) is 1. The molecule has 1 atom stereocenters. The predicted molar refractivity (Wildman–Crippen MR) is 114 cm³/mol. The Morgan fingerprint density at radius 3 is 2.40 bits per heavy atom. The van der Waals surface area contributed by atoms with Crippen LogP contribution < -0.4 is 14.4 Å². The van der Waals surface area contributed by atoms with E-state index >= 15 is 0 Å². The lowest BCUT2D eigenvalue weighted by Crippen LogP contribution is -2.47. The first-order valence-electron chi connectivity index (χ1n) is 9.98. The molecule has 1 N–H and O–H groups in total. The lowest BCUT2D eigenvalue weighted by atomic mass is 9.83. The van der Waals surface area contributed by atoms with Crippen LogP contribution in [0.5, 0.6) is 5.75 Å². The molecular weight excluding hydrogens is 407 g/mol. The number of carbonyl (C=O) groups excluding carboxylic acids is 1. The number of sulfonamides is 1. The fourth-order valence-corrected chi connectivity index (χ4v) is 4.66. The average molecular weight is 435 g/mol. The molecule has 1 amide bonds. The second-order valence-electron chi connectivity index (χ2n) is 7.60. The van der Waals surface area contributed by atoms with Crippen molar-refractivity contribution in [3.05, 3.63) is 59.9 Å². The normalized spacial score (nSPS) is 17.5. The van der Waals surface area contributed by atoms with Crippen molar-refractivity contribution in [2.75, 3.05) is 17.1 Å². The van der Waals surface area contributed by atoms with E-state index in [4.69, 9.17) is 4.74 Å². The van der Waals surface area contributed by atoms with Gasteiger partial charge >= 0.3 is 0 Å². The van der Waals surface area contributed by atoms with E-state index in [9.17, 15) is 17.6 Å². The molecule has 0 radical (unpaired) electrons. The van der Waals surface area contributed by atoms with Crippen molar-refractivity contribution < 1.29 is 22.3 Å². The molecule has 0 saturated carbocycles. The van der Waals surface area contributed by atoms with Crippen LogP contribution in [0.2, 0.25) is 0 Å². The van der Waals surface area contributed by atoms with Crippen molar-refractivity contribution in [2.45, 2.75) is 44.8 Å². The summed E-state index contributed by atoms with van der Waals surface area (Å²) in [6.07, 6.45) is 3.19. The Labute approximate surface area is 177 Å². The molecule has 0 bridgehead atoms. The van der Waals surface area contributed by atoms with Crippen LogP contribution in [0.4, 0.5) is 10.1 Å². The van der Waals surface area contributed by atoms with Crippen LogP contribution in [0.1, 0.15) is 44.7 Å². The molecule has 0 aliphatic carbocycles. The number of ether oxygens (including phenoxy) is 1. The van der Waals surface area contributed by atoms with Gasteiger partial charge in [0, 0.05) is 12.0 Å². The van der Waals surface area contributed by atoms with Crippen LogP contribution in [-0.4, -0.2) is 32.7 Å². The van der Waals surface area contributed by atoms with Gasteiger partial charge < -0.3 is 10.1 Å². The molecule has 0 spiro atoms. The topological polar surface area (TPSA) is 75.7 Å². The highest BCUT2D eigenvalue weighted by atomic mass is 32.2. The predicted octanol–water partition coefficient (Wildman–Crippen LogP) is 3.79. The molecule has 2 aromatic rings. The number of hydrogen-bond acceptors (Lipinski definition) is 4. The molecule has 0 aromatic heterocycles. The van der Waals surface area contributed by atoms with E-state index in [1.54, 1.807) is 0 Å². The monoisotopic (exact) mass is 434 g/mol. The average Bonchev–Trinajstić information content (AvgIpc) is 2.72. The van der Waals surface area contributed by atoms with Gasteiger partial charge in [-0.2, -0.15) is 0 Å². The molecule has 0 saturated heterocycles. The van der Waals surface area contributed by atoms with Crippen LogP contribution in [0.25, 0.3) is 0 Å². The van der Waals surface area contributed by atoms with E-state index in [1.165, 1.54) is 12.1 Å². The molecule has 1 aliphatic heterocycles. The van der Waals surface area contributed by atoms with E-state index < -0.39 is 28.3 Å². The molecule has 3 rings (SSSR count). The quantitative estimate of drug-likeness (QED) is 0.719. The Morgan fingerprint density at radius 1 is 1.17 bits per heavy atom. The molecule has 1 aliphatic rings. The van der Waals surface area contributed by atoms with Crippen LogP contribution >= 0.6 is 0 Å². The van der Waals surface area contributed by atoms with Gasteiger partial charge in [-0.3, -0.25) is 9.10 Å². The minimum Gasteiger partial charge on any atom is -0.487 e. The summed E-state index contributed by atoms with van der Waals surface area (Å²) in [6.45, 7) is 3.71. The number of para-hydroxylation sites is 1. The van der Waals surface area contributed by atoms with Crippen molar-refractivity contribution in [3.63, 3.8) is 0 Å². The highest BCUT2D eigenvalue weighted by Gasteiger charge is 2.39. The zero-order valence-electron chi connectivity index (χ0n) is 17.4. The van der Waals surface area contributed by atoms with Crippen molar-refractivity contribution in [2.24, 2.45) is 0 Å². The molecule has 6 nitrogen and oxygen atoms in total. The van der Waals surface area contributed by atoms with Crippen molar-refractivity contribution >= 4 is 21.6 Å². The van der Waals surface area contributed by atoms with E-state index in [2.05, 4.69) is 19.2 Å². The van der Waals surface area contributed by atoms with Crippen molar-refractivity contribution in [3.8, 4) is 5.75 Å². The number of rotatable bonds is 7. The number of amides is 1. The summed E-state index contributed by atoms with van der Waals surface area (Å²) in [6, 6.07) is 12.3. The number of benzene rings is 2. The van der Waals surface area contributed by atoms with Crippen LogP contribution in [0.3, 0.4) is 0 Å². The summed E-state index contributed by atoms with van der Waals surface area (Å²) < 4.78 is 45.0. The van der Waals surface area contributed by atoms with E-state index in [-0.39, 0.29) is 17.3 Å². The van der Waals surface area contributed by atoms with Gasteiger partial charge in [0.2, 0.25) is 15.9 Å². The van der Waals surface area contributed by atoms with Gasteiger partial charge in [-0.15, -0.1) is 0 Å². The minimum absolute atomic E-state index is 0.234. The third-order valence-corrected chi connectivity index (χ3v) is 6.76. The third-order valence-electron chi connectivity index (χ3n) is 5.62. The largest absolute Gasteiger partial charge is 0.487 e. The first-order chi connectivity index (χ1) is 14.2. The second kappa shape index (κ2) is 8.63. The molecule has 8 heteroatoms. The summed E-state index contributed by atoms with van der Waals surface area (Å²) in [5, 5.41) is 2.98. The Hall–Kier alpha value is -2.61. The number of nitrogens with zero attached hydrogens (tertiary/aromatic N) is 1. The molecule has 1 heterocycles. The molecular formula is C22H27FN2O4S. The van der Waals surface area contributed by atoms with E-state index in [0.29, 0.717) is 6.42 Å². The summed E-state index contributed by atoms with van der Waals surface area (Å²) >= 11 is 0. The Kier molecular flexibility index (Phi) is 6.36. The second-order valence-corrected chi connectivity index (χ2v) is 9.51. The standard InChI is InChI=1S/C22H27FN2O4S/c1-4-22(5-2)14-19(18-8-6-7-9-20(18)29-22)24-21(26)15-25(30(3,27)28)17-12-10-16(23)11-13-17/h6-13,19H,4-5,14-15H2,1-3H3,(H,24,26)/t19-/m0/s1. The highest BCUT2D eigenvalue weighted by Crippen LogP contribution is 2.42. The lowest BCUT2D eigenvalue weighted by molar-refractivity contribution is -0.121. The number of anilines is 1. The van der Waals surface area contributed by atoms with Crippen LogP contribution in [-0.2, 0) is 14.8 Å². The molecule has 162 valence electrons. The highest BCUT2D eigenvalue weighted by molar-refractivity contribution is 7.92. The summed E-state index contributed by atoms with van der Waals surface area (Å²) in [5.74, 6) is -0.185. The molecule has 0 unspecified atom stereocenters. The number of carbonyl (C=O) groups is 1. The van der Waals surface area contributed by atoms with Gasteiger partial charge in [-0.25, -0.2) is 12.8 Å². The van der Waals surface area contributed by atoms with Crippen molar-refractivity contribution in [1.82, 2.24) is 5.32 Å². The molecule has 2 aromatic carbocycles. The summed E-state index contributed by atoms with van der Waals surface area (Å²) in [4.78, 5) is 12.9. The number of fused-ring (bicyclic) bond motifs is 1. The van der Waals surface area contributed by atoms with Gasteiger partial charge in [0.25, 0.3) is 0 Å². The number of halogens is 1. The fraction of sp³-hybridized carbons (Fsp3) is 0.409. The van der Waals surface area contributed by atoms with Crippen LogP contribution in [0.15, 0.2) is 48.5 Å². The van der Waals surface area contributed by atoms with Crippen molar-refractivity contribution in [1.29, 1.82) is 0 Å². The maximum atomic E-state index is 13.2. The summed E-state index contributed by atoms with van der Waals surface area (Å²) in [5.41, 5.74) is 0.716. The van der Waals surface area contributed by atoms with Gasteiger partial charge in [-0.05, 0) is 43.2 Å². The van der Waals surface area contributed by atoms with Gasteiger partial charge in [-0.1, -0.05) is 32.0 Å². The SMILES string of the molecule is CCC1(CC)C[C@H](NC(=O)CN(c2ccc(F)cc2)S(C)(=O)=O)c2ccccc2O1. The fourth-order valence-electron chi connectivity index (χ4n) is 3.81. The maximum Gasteiger partial charge on any atom is 0.241 e. The lowest BCUT2D eigenvalue weighted by Gasteiger charge is -2.41.